The lowest BCUT2D eigenvalue weighted by Crippen LogP contribution is -2.38. The lowest BCUT2D eigenvalue weighted by atomic mass is 10.2. The lowest BCUT2D eigenvalue weighted by Gasteiger charge is -2.26. The number of morpholine rings is 1. The van der Waals surface area contributed by atoms with Crippen LogP contribution in [0.5, 0.6) is 0 Å². The molecule has 0 spiro atoms. The minimum Gasteiger partial charge on any atom is -0.379 e. The number of carbonyl (C=O) groups is 1. The number of carbonyl (C=O) groups excluding carboxylic acids is 1. The predicted octanol–water partition coefficient (Wildman–Crippen LogP) is 6.30. The molecule has 0 aromatic rings. The fourth-order valence-corrected chi connectivity index (χ4v) is 3.30. The molecular formula is C29H46N2O2. The van der Waals surface area contributed by atoms with E-state index in [9.17, 15) is 4.79 Å². The molecule has 1 fully saturated rings. The fourth-order valence-electron chi connectivity index (χ4n) is 3.30. The first kappa shape index (κ1) is 28.9. The summed E-state index contributed by atoms with van der Waals surface area (Å²) in [5.41, 5.74) is 0. The van der Waals surface area contributed by atoms with Gasteiger partial charge in [0, 0.05) is 26.1 Å². The summed E-state index contributed by atoms with van der Waals surface area (Å²) in [6.07, 6.45) is 34.8. The molecule has 0 aromatic carbocycles. The van der Waals surface area contributed by atoms with Crippen LogP contribution in [0.2, 0.25) is 0 Å². The molecule has 0 bridgehead atoms. The van der Waals surface area contributed by atoms with Crippen LogP contribution in [-0.2, 0) is 9.53 Å². The third-order valence-corrected chi connectivity index (χ3v) is 5.21. The van der Waals surface area contributed by atoms with E-state index in [4.69, 9.17) is 4.74 Å². The number of rotatable bonds is 18. The van der Waals surface area contributed by atoms with Crippen LogP contribution in [0, 0.1) is 0 Å². The topological polar surface area (TPSA) is 41.6 Å². The second-order valence-corrected chi connectivity index (χ2v) is 8.11. The molecule has 1 amide bonds. The molecule has 4 heteroatoms. The summed E-state index contributed by atoms with van der Waals surface area (Å²) in [5.74, 6) is 0.150. The first-order valence-electron chi connectivity index (χ1n) is 12.8. The fraction of sp³-hybridized carbons (Fsp3) is 0.552. The van der Waals surface area contributed by atoms with Gasteiger partial charge in [0.1, 0.15) is 0 Å². The summed E-state index contributed by atoms with van der Waals surface area (Å²) in [5, 5.41) is 3.02. The Morgan fingerprint density at radius 1 is 0.758 bits per heavy atom. The molecule has 33 heavy (non-hydrogen) atoms. The third-order valence-electron chi connectivity index (χ3n) is 5.21. The molecule has 4 nitrogen and oxygen atoms in total. The van der Waals surface area contributed by atoms with Crippen molar-refractivity contribution < 1.29 is 9.53 Å². The Kier molecular flexibility index (Phi) is 20.1. The van der Waals surface area contributed by atoms with Gasteiger partial charge in [-0.25, -0.2) is 0 Å². The van der Waals surface area contributed by atoms with Gasteiger partial charge in [0.15, 0.2) is 0 Å². The SMILES string of the molecule is CC/C=C\C/C=C\C/C=C\C/C=C\C/C=C\C/C=C\CCC(=O)NCCCN1CCOCC1. The molecule has 1 rings (SSSR count). The van der Waals surface area contributed by atoms with Crippen LogP contribution >= 0.6 is 0 Å². The van der Waals surface area contributed by atoms with Gasteiger partial charge < -0.3 is 10.1 Å². The minimum absolute atomic E-state index is 0.150. The maximum Gasteiger partial charge on any atom is 0.220 e. The number of nitrogens with zero attached hydrogens (tertiary/aromatic N) is 1. The Morgan fingerprint density at radius 2 is 1.24 bits per heavy atom. The molecule has 1 N–H and O–H groups in total. The Hall–Kier alpha value is -2.17. The zero-order valence-electron chi connectivity index (χ0n) is 20.8. The molecule has 184 valence electrons. The first-order valence-corrected chi connectivity index (χ1v) is 12.8. The van der Waals surface area contributed by atoms with Crippen LogP contribution in [0.1, 0.15) is 64.7 Å². The highest BCUT2D eigenvalue weighted by molar-refractivity contribution is 5.75. The van der Waals surface area contributed by atoms with Crippen molar-refractivity contribution in [3.8, 4) is 0 Å². The summed E-state index contributed by atoms with van der Waals surface area (Å²) in [6.45, 7) is 7.64. The largest absolute Gasteiger partial charge is 0.379 e. The van der Waals surface area contributed by atoms with Crippen LogP contribution in [0.3, 0.4) is 0 Å². The third kappa shape index (κ3) is 20.2. The molecule has 1 aliphatic rings. The smallest absolute Gasteiger partial charge is 0.220 e. The molecule has 0 radical (unpaired) electrons. The van der Waals surface area contributed by atoms with E-state index in [2.05, 4.69) is 90.1 Å². The highest BCUT2D eigenvalue weighted by Gasteiger charge is 2.09. The average molecular weight is 455 g/mol. The second-order valence-electron chi connectivity index (χ2n) is 8.11. The van der Waals surface area contributed by atoms with Crippen LogP contribution in [0.25, 0.3) is 0 Å². The van der Waals surface area contributed by atoms with Gasteiger partial charge in [-0.2, -0.15) is 0 Å². The molecule has 1 saturated heterocycles. The summed E-state index contributed by atoms with van der Waals surface area (Å²) >= 11 is 0. The Balaban J connectivity index is 1.90. The van der Waals surface area contributed by atoms with E-state index in [0.717, 1.165) is 90.8 Å². The van der Waals surface area contributed by atoms with Gasteiger partial charge in [-0.15, -0.1) is 0 Å². The molecule has 0 unspecified atom stereocenters. The quantitative estimate of drug-likeness (QED) is 0.195. The number of amides is 1. The molecule has 0 atom stereocenters. The molecule has 0 saturated carbocycles. The summed E-state index contributed by atoms with van der Waals surface area (Å²) in [4.78, 5) is 14.3. The number of hydrogen-bond donors (Lipinski definition) is 1. The highest BCUT2D eigenvalue weighted by Crippen LogP contribution is 1.99. The van der Waals surface area contributed by atoms with E-state index in [1.165, 1.54) is 0 Å². The second kappa shape index (κ2) is 23.0. The molecular weight excluding hydrogens is 408 g/mol. The van der Waals surface area contributed by atoms with Crippen LogP contribution in [-0.4, -0.2) is 50.2 Å². The molecule has 1 heterocycles. The number of nitrogens with one attached hydrogen (secondary N) is 1. The van der Waals surface area contributed by atoms with Gasteiger partial charge in [0.25, 0.3) is 0 Å². The predicted molar refractivity (Wildman–Crippen MR) is 142 cm³/mol. The van der Waals surface area contributed by atoms with Crippen molar-refractivity contribution in [2.45, 2.75) is 64.7 Å². The van der Waals surface area contributed by atoms with Crippen molar-refractivity contribution in [2.75, 3.05) is 39.4 Å². The number of hydrogen-bond acceptors (Lipinski definition) is 3. The van der Waals surface area contributed by atoms with E-state index in [-0.39, 0.29) is 5.91 Å². The van der Waals surface area contributed by atoms with Gasteiger partial charge in [-0.3, -0.25) is 9.69 Å². The zero-order chi connectivity index (χ0) is 23.7. The number of allylic oxidation sites excluding steroid dienone is 12. The normalized spacial score (nSPS) is 16.0. The Bertz CT molecular complexity index is 638. The van der Waals surface area contributed by atoms with Crippen molar-refractivity contribution >= 4 is 5.91 Å². The van der Waals surface area contributed by atoms with Crippen LogP contribution < -0.4 is 5.32 Å². The van der Waals surface area contributed by atoms with E-state index < -0.39 is 0 Å². The minimum atomic E-state index is 0.150. The van der Waals surface area contributed by atoms with Crippen molar-refractivity contribution in [1.82, 2.24) is 10.2 Å². The highest BCUT2D eigenvalue weighted by atomic mass is 16.5. The van der Waals surface area contributed by atoms with Gasteiger partial charge in [0.2, 0.25) is 5.91 Å². The van der Waals surface area contributed by atoms with Gasteiger partial charge >= 0.3 is 0 Å². The Labute approximate surface area is 202 Å². The zero-order valence-corrected chi connectivity index (χ0v) is 20.8. The van der Waals surface area contributed by atoms with Crippen molar-refractivity contribution in [1.29, 1.82) is 0 Å². The Morgan fingerprint density at radius 3 is 1.76 bits per heavy atom. The maximum absolute atomic E-state index is 11.9. The van der Waals surface area contributed by atoms with E-state index in [1.807, 2.05) is 0 Å². The standard InChI is InChI=1S/C29H46N2O2/c1-2-3-4-5-6-7-8-9-10-11-12-13-14-15-16-17-18-19-20-22-29(32)30-23-21-24-31-25-27-33-28-26-31/h3-4,6-7,9-10,12-13,15-16,18-19H,2,5,8,11,14,17,20-28H2,1H3,(H,30,32)/b4-3-,7-6-,10-9-,13-12-,16-15-,19-18-. The molecule has 0 aliphatic carbocycles. The van der Waals surface area contributed by atoms with E-state index in [0.29, 0.717) is 6.42 Å². The van der Waals surface area contributed by atoms with Crippen molar-refractivity contribution in [3.05, 3.63) is 72.9 Å². The van der Waals surface area contributed by atoms with Gasteiger partial charge in [0.05, 0.1) is 13.2 Å². The van der Waals surface area contributed by atoms with Gasteiger partial charge in [-0.1, -0.05) is 79.8 Å². The van der Waals surface area contributed by atoms with Crippen LogP contribution in [0.4, 0.5) is 0 Å². The van der Waals surface area contributed by atoms with Crippen LogP contribution in [0.15, 0.2) is 72.9 Å². The van der Waals surface area contributed by atoms with E-state index in [1.54, 1.807) is 0 Å². The monoisotopic (exact) mass is 454 g/mol. The van der Waals surface area contributed by atoms with Crippen molar-refractivity contribution in [3.63, 3.8) is 0 Å². The number of ether oxygens (including phenoxy) is 1. The first-order chi connectivity index (χ1) is 16.3. The molecule has 1 aliphatic heterocycles. The summed E-state index contributed by atoms with van der Waals surface area (Å²) < 4.78 is 5.34. The summed E-state index contributed by atoms with van der Waals surface area (Å²) in [7, 11) is 0. The lowest BCUT2D eigenvalue weighted by molar-refractivity contribution is -0.121. The average Bonchev–Trinajstić information content (AvgIpc) is 2.84. The summed E-state index contributed by atoms with van der Waals surface area (Å²) in [6, 6.07) is 0. The molecule has 0 aromatic heterocycles. The van der Waals surface area contributed by atoms with Crippen molar-refractivity contribution in [2.24, 2.45) is 0 Å². The van der Waals surface area contributed by atoms with Gasteiger partial charge in [-0.05, 0) is 57.9 Å². The van der Waals surface area contributed by atoms with E-state index >= 15 is 0 Å². The maximum atomic E-state index is 11.9.